The lowest BCUT2D eigenvalue weighted by molar-refractivity contribution is -0.117. The largest absolute Gasteiger partial charge is 0.337 e. The van der Waals surface area contributed by atoms with E-state index in [4.69, 9.17) is 5.26 Å². The Morgan fingerprint density at radius 2 is 2.10 bits per heavy atom. The highest BCUT2D eigenvalue weighted by Crippen LogP contribution is 2.17. The van der Waals surface area contributed by atoms with E-state index in [0.717, 1.165) is 16.5 Å². The predicted octanol–water partition coefficient (Wildman–Crippen LogP) is 2.91. The molecule has 4 heteroatoms. The summed E-state index contributed by atoms with van der Waals surface area (Å²) < 4.78 is 0. The molecule has 1 heterocycles. The third-order valence-corrected chi connectivity index (χ3v) is 3.20. The van der Waals surface area contributed by atoms with Gasteiger partial charge >= 0.3 is 0 Å². The SMILES string of the molecule is CC(C)C(C#N)NC(=O)C=Cc1ccnc2ccccc12. The van der Waals surface area contributed by atoms with Crippen LogP contribution in [-0.2, 0) is 4.79 Å². The highest BCUT2D eigenvalue weighted by molar-refractivity contribution is 5.95. The lowest BCUT2D eigenvalue weighted by atomic mass is 10.1. The van der Waals surface area contributed by atoms with E-state index in [1.807, 2.05) is 44.2 Å². The van der Waals surface area contributed by atoms with Crippen LogP contribution in [0, 0.1) is 17.2 Å². The number of nitriles is 1. The normalized spacial score (nSPS) is 12.5. The first-order valence-electron chi connectivity index (χ1n) is 6.83. The van der Waals surface area contributed by atoms with Crippen molar-refractivity contribution in [2.75, 3.05) is 0 Å². The molecule has 2 aromatic rings. The van der Waals surface area contributed by atoms with E-state index in [9.17, 15) is 4.79 Å². The number of aromatic nitrogens is 1. The fourth-order valence-corrected chi connectivity index (χ4v) is 1.98. The van der Waals surface area contributed by atoms with Gasteiger partial charge in [-0.15, -0.1) is 0 Å². The summed E-state index contributed by atoms with van der Waals surface area (Å²) in [6, 6.07) is 11.2. The van der Waals surface area contributed by atoms with Gasteiger partial charge in [0.1, 0.15) is 6.04 Å². The van der Waals surface area contributed by atoms with Gasteiger partial charge in [-0.2, -0.15) is 5.26 Å². The number of hydrogen-bond acceptors (Lipinski definition) is 3. The van der Waals surface area contributed by atoms with Gasteiger partial charge in [0.15, 0.2) is 0 Å². The first-order chi connectivity index (χ1) is 10.1. The lowest BCUT2D eigenvalue weighted by Gasteiger charge is -2.13. The average Bonchev–Trinajstić information content (AvgIpc) is 2.50. The van der Waals surface area contributed by atoms with E-state index in [-0.39, 0.29) is 11.8 Å². The Balaban J connectivity index is 2.17. The van der Waals surface area contributed by atoms with Gasteiger partial charge in [0.2, 0.25) is 5.91 Å². The Morgan fingerprint density at radius 1 is 1.33 bits per heavy atom. The van der Waals surface area contributed by atoms with Crippen molar-refractivity contribution in [1.82, 2.24) is 10.3 Å². The first kappa shape index (κ1) is 14.7. The molecular weight excluding hydrogens is 262 g/mol. The predicted molar refractivity (Wildman–Crippen MR) is 83.2 cm³/mol. The summed E-state index contributed by atoms with van der Waals surface area (Å²) in [5.74, 6) is -0.190. The molecule has 1 aromatic heterocycles. The van der Waals surface area contributed by atoms with E-state index in [0.29, 0.717) is 0 Å². The number of benzene rings is 1. The number of carbonyl (C=O) groups is 1. The number of amides is 1. The molecule has 0 spiro atoms. The van der Waals surface area contributed by atoms with Crippen molar-refractivity contribution in [2.24, 2.45) is 5.92 Å². The van der Waals surface area contributed by atoms with Gasteiger partial charge < -0.3 is 5.32 Å². The molecule has 1 aromatic carbocycles. The van der Waals surface area contributed by atoms with E-state index in [2.05, 4.69) is 16.4 Å². The smallest absolute Gasteiger partial charge is 0.245 e. The zero-order valence-corrected chi connectivity index (χ0v) is 12.1. The van der Waals surface area contributed by atoms with Crippen molar-refractivity contribution in [3.8, 4) is 6.07 Å². The number of nitrogens with zero attached hydrogens (tertiary/aromatic N) is 2. The Labute approximate surface area is 124 Å². The number of carbonyl (C=O) groups excluding carboxylic acids is 1. The fraction of sp³-hybridized carbons (Fsp3) is 0.235. The number of para-hydroxylation sites is 1. The molecule has 0 bridgehead atoms. The van der Waals surface area contributed by atoms with E-state index < -0.39 is 6.04 Å². The van der Waals surface area contributed by atoms with Crippen LogP contribution in [0.25, 0.3) is 17.0 Å². The molecule has 0 radical (unpaired) electrons. The van der Waals surface area contributed by atoms with Gasteiger partial charge in [-0.1, -0.05) is 32.0 Å². The highest BCUT2D eigenvalue weighted by Gasteiger charge is 2.13. The van der Waals surface area contributed by atoms with Crippen molar-refractivity contribution < 1.29 is 4.79 Å². The molecule has 0 aliphatic rings. The molecule has 2 rings (SSSR count). The first-order valence-corrected chi connectivity index (χ1v) is 6.83. The van der Waals surface area contributed by atoms with Crippen LogP contribution in [0.15, 0.2) is 42.6 Å². The highest BCUT2D eigenvalue weighted by atomic mass is 16.1. The Hall–Kier alpha value is -2.67. The molecule has 0 aliphatic carbocycles. The number of fused-ring (bicyclic) bond motifs is 1. The second-order valence-corrected chi connectivity index (χ2v) is 5.11. The molecule has 1 amide bonds. The molecule has 21 heavy (non-hydrogen) atoms. The van der Waals surface area contributed by atoms with Gasteiger partial charge in [-0.3, -0.25) is 9.78 Å². The average molecular weight is 279 g/mol. The number of pyridine rings is 1. The summed E-state index contributed by atoms with van der Waals surface area (Å²) in [4.78, 5) is 16.1. The number of rotatable bonds is 4. The zero-order valence-electron chi connectivity index (χ0n) is 12.1. The molecule has 1 unspecified atom stereocenters. The summed E-state index contributed by atoms with van der Waals surface area (Å²) in [6.07, 6.45) is 4.91. The molecule has 0 aliphatic heterocycles. The third kappa shape index (κ3) is 3.67. The Morgan fingerprint density at radius 3 is 2.81 bits per heavy atom. The molecule has 106 valence electrons. The fourth-order valence-electron chi connectivity index (χ4n) is 1.98. The van der Waals surface area contributed by atoms with Gasteiger partial charge in [0.25, 0.3) is 0 Å². The molecule has 0 saturated heterocycles. The standard InChI is InChI=1S/C17H17N3O/c1-12(2)16(11-18)20-17(21)8-7-13-9-10-19-15-6-4-3-5-14(13)15/h3-10,12,16H,1-2H3,(H,20,21). The van der Waals surface area contributed by atoms with Gasteiger partial charge in [-0.05, 0) is 29.7 Å². The minimum Gasteiger partial charge on any atom is -0.337 e. The van der Waals surface area contributed by atoms with Crippen LogP contribution in [0.2, 0.25) is 0 Å². The van der Waals surface area contributed by atoms with Crippen LogP contribution in [0.4, 0.5) is 0 Å². The minimum atomic E-state index is -0.476. The number of nitrogens with one attached hydrogen (secondary N) is 1. The van der Waals surface area contributed by atoms with Crippen molar-refractivity contribution in [3.05, 3.63) is 48.2 Å². The van der Waals surface area contributed by atoms with Gasteiger partial charge in [-0.25, -0.2) is 0 Å². The van der Waals surface area contributed by atoms with Crippen molar-refractivity contribution >= 4 is 22.9 Å². The van der Waals surface area contributed by atoms with Crippen LogP contribution in [0.5, 0.6) is 0 Å². The quantitative estimate of drug-likeness (QED) is 0.875. The topological polar surface area (TPSA) is 65.8 Å². The Bertz CT molecular complexity index is 708. The number of hydrogen-bond donors (Lipinski definition) is 1. The maximum Gasteiger partial charge on any atom is 0.245 e. The zero-order chi connectivity index (χ0) is 15.2. The van der Waals surface area contributed by atoms with E-state index >= 15 is 0 Å². The van der Waals surface area contributed by atoms with Crippen molar-refractivity contribution in [2.45, 2.75) is 19.9 Å². The summed E-state index contributed by atoms with van der Waals surface area (Å²) in [6.45, 7) is 3.79. The lowest BCUT2D eigenvalue weighted by Crippen LogP contribution is -2.36. The van der Waals surface area contributed by atoms with Crippen LogP contribution >= 0.6 is 0 Å². The molecular formula is C17H17N3O. The van der Waals surface area contributed by atoms with Crippen molar-refractivity contribution in [1.29, 1.82) is 5.26 Å². The van der Waals surface area contributed by atoms with Crippen LogP contribution in [0.3, 0.4) is 0 Å². The Kier molecular flexibility index (Phi) is 4.68. The van der Waals surface area contributed by atoms with Gasteiger partial charge in [0.05, 0.1) is 11.6 Å². The minimum absolute atomic E-state index is 0.0779. The van der Waals surface area contributed by atoms with E-state index in [1.165, 1.54) is 6.08 Å². The van der Waals surface area contributed by atoms with E-state index in [1.54, 1.807) is 12.3 Å². The summed E-state index contributed by atoms with van der Waals surface area (Å²) >= 11 is 0. The summed E-state index contributed by atoms with van der Waals surface area (Å²) in [5, 5.41) is 12.6. The van der Waals surface area contributed by atoms with Crippen LogP contribution in [0.1, 0.15) is 19.4 Å². The molecule has 4 nitrogen and oxygen atoms in total. The van der Waals surface area contributed by atoms with Gasteiger partial charge in [0, 0.05) is 17.7 Å². The second kappa shape index (κ2) is 6.67. The monoisotopic (exact) mass is 279 g/mol. The second-order valence-electron chi connectivity index (χ2n) is 5.11. The van der Waals surface area contributed by atoms with Crippen LogP contribution in [-0.4, -0.2) is 16.9 Å². The molecule has 1 atom stereocenters. The molecule has 1 N–H and O–H groups in total. The maximum absolute atomic E-state index is 11.9. The van der Waals surface area contributed by atoms with Crippen LogP contribution < -0.4 is 5.32 Å². The van der Waals surface area contributed by atoms with Crippen molar-refractivity contribution in [3.63, 3.8) is 0 Å². The summed E-state index contributed by atoms with van der Waals surface area (Å²) in [7, 11) is 0. The summed E-state index contributed by atoms with van der Waals surface area (Å²) in [5.41, 5.74) is 1.81. The third-order valence-electron chi connectivity index (χ3n) is 3.20. The molecule has 0 fully saturated rings. The maximum atomic E-state index is 11.9. The molecule has 0 saturated carbocycles.